The predicted octanol–water partition coefficient (Wildman–Crippen LogP) is 5.15. The maximum Gasteiger partial charge on any atom is 0.177 e. The predicted molar refractivity (Wildman–Crippen MR) is 84.5 cm³/mol. The molecule has 1 heterocycles. The Labute approximate surface area is 133 Å². The van der Waals surface area contributed by atoms with E-state index in [1.807, 2.05) is 0 Å². The Morgan fingerprint density at radius 1 is 1.19 bits per heavy atom. The van der Waals surface area contributed by atoms with Gasteiger partial charge in [-0.15, -0.1) is 0 Å². The van der Waals surface area contributed by atoms with Crippen LogP contribution in [0.2, 0.25) is 5.02 Å². The lowest BCUT2D eigenvalue weighted by Crippen LogP contribution is -1.91. The summed E-state index contributed by atoms with van der Waals surface area (Å²) in [6.07, 6.45) is 0. The minimum atomic E-state index is -0.394. The van der Waals surface area contributed by atoms with Gasteiger partial charge < -0.3 is 10.3 Å². The minimum Gasteiger partial charge on any atom is -0.380 e. The largest absolute Gasteiger partial charge is 0.380 e. The summed E-state index contributed by atoms with van der Waals surface area (Å²) in [4.78, 5) is 0. The van der Waals surface area contributed by atoms with E-state index in [0.29, 0.717) is 27.5 Å². The summed E-state index contributed by atoms with van der Waals surface area (Å²) in [7, 11) is 0. The van der Waals surface area contributed by atoms with Gasteiger partial charge in [0.05, 0.1) is 5.56 Å². The van der Waals surface area contributed by atoms with Gasteiger partial charge in [-0.1, -0.05) is 50.9 Å². The molecule has 3 nitrogen and oxygen atoms in total. The standard InChI is InChI=1S/C15H9BrClFN2O/c16-9-5-8(6-10(17)7-9)14-13(15(19)20-21-14)11-3-1-2-4-12(11)18/h1-7H,(H2,19,20). The highest BCUT2D eigenvalue weighted by Crippen LogP contribution is 2.39. The molecule has 0 aliphatic rings. The fourth-order valence-corrected chi connectivity index (χ4v) is 2.97. The number of nitrogens with two attached hydrogens (primary N) is 1. The first-order valence-corrected chi connectivity index (χ1v) is 7.20. The molecule has 2 aromatic carbocycles. The van der Waals surface area contributed by atoms with E-state index in [0.717, 1.165) is 4.47 Å². The van der Waals surface area contributed by atoms with Gasteiger partial charge in [-0.25, -0.2) is 4.39 Å². The van der Waals surface area contributed by atoms with E-state index in [1.165, 1.54) is 6.07 Å². The first kappa shape index (κ1) is 14.1. The second kappa shape index (κ2) is 5.50. The van der Waals surface area contributed by atoms with E-state index >= 15 is 0 Å². The molecule has 2 N–H and O–H groups in total. The molecule has 0 atom stereocenters. The van der Waals surface area contributed by atoms with Crippen molar-refractivity contribution in [3.63, 3.8) is 0 Å². The lowest BCUT2D eigenvalue weighted by Gasteiger charge is -2.05. The van der Waals surface area contributed by atoms with Crippen LogP contribution in [0.1, 0.15) is 0 Å². The van der Waals surface area contributed by atoms with E-state index in [-0.39, 0.29) is 5.82 Å². The lowest BCUT2D eigenvalue weighted by atomic mass is 10.0. The Balaban J connectivity index is 2.24. The number of benzene rings is 2. The van der Waals surface area contributed by atoms with Gasteiger partial charge in [-0.05, 0) is 24.3 Å². The molecule has 0 spiro atoms. The van der Waals surface area contributed by atoms with Crippen LogP contribution in [-0.2, 0) is 0 Å². The second-order valence-electron chi connectivity index (χ2n) is 4.41. The van der Waals surface area contributed by atoms with Crippen molar-refractivity contribution >= 4 is 33.3 Å². The van der Waals surface area contributed by atoms with Gasteiger partial charge in [-0.3, -0.25) is 0 Å². The van der Waals surface area contributed by atoms with Gasteiger partial charge >= 0.3 is 0 Å². The molecule has 0 radical (unpaired) electrons. The lowest BCUT2D eigenvalue weighted by molar-refractivity contribution is 0.436. The molecule has 0 unspecified atom stereocenters. The number of rotatable bonds is 2. The van der Waals surface area contributed by atoms with Crippen molar-refractivity contribution in [3.8, 4) is 22.5 Å². The average molecular weight is 368 g/mol. The van der Waals surface area contributed by atoms with Gasteiger partial charge in [0.25, 0.3) is 0 Å². The molecule has 0 fully saturated rings. The smallest absolute Gasteiger partial charge is 0.177 e. The summed E-state index contributed by atoms with van der Waals surface area (Å²) in [6.45, 7) is 0. The maximum atomic E-state index is 14.0. The van der Waals surface area contributed by atoms with Crippen LogP contribution >= 0.6 is 27.5 Å². The number of hydrogen-bond donors (Lipinski definition) is 1. The number of nitrogen functional groups attached to an aromatic ring is 1. The van der Waals surface area contributed by atoms with Gasteiger partial charge in [0.1, 0.15) is 5.82 Å². The molecule has 0 saturated heterocycles. The molecule has 0 amide bonds. The van der Waals surface area contributed by atoms with Crippen molar-refractivity contribution in [2.24, 2.45) is 0 Å². The highest BCUT2D eigenvalue weighted by Gasteiger charge is 2.20. The topological polar surface area (TPSA) is 52.0 Å². The Bertz CT molecular complexity index is 799. The molecule has 21 heavy (non-hydrogen) atoms. The number of aromatic nitrogens is 1. The van der Waals surface area contributed by atoms with Gasteiger partial charge in [0.2, 0.25) is 0 Å². The molecule has 0 aliphatic carbocycles. The summed E-state index contributed by atoms with van der Waals surface area (Å²) in [5.74, 6) is 0.113. The monoisotopic (exact) mass is 366 g/mol. The summed E-state index contributed by atoms with van der Waals surface area (Å²) in [6, 6.07) is 11.6. The van der Waals surface area contributed by atoms with Gasteiger partial charge in [-0.2, -0.15) is 0 Å². The molecule has 0 bridgehead atoms. The van der Waals surface area contributed by atoms with E-state index in [1.54, 1.807) is 36.4 Å². The number of nitrogens with zero attached hydrogens (tertiary/aromatic N) is 1. The summed E-state index contributed by atoms with van der Waals surface area (Å²) >= 11 is 9.40. The van der Waals surface area contributed by atoms with Crippen LogP contribution in [0.5, 0.6) is 0 Å². The molecule has 0 aliphatic heterocycles. The molecule has 1 aromatic heterocycles. The fourth-order valence-electron chi connectivity index (χ4n) is 2.11. The molecular weight excluding hydrogens is 359 g/mol. The zero-order chi connectivity index (χ0) is 15.0. The fraction of sp³-hybridized carbons (Fsp3) is 0. The van der Waals surface area contributed by atoms with E-state index in [2.05, 4.69) is 21.1 Å². The van der Waals surface area contributed by atoms with Crippen molar-refractivity contribution in [1.82, 2.24) is 5.16 Å². The first-order chi connectivity index (χ1) is 10.1. The van der Waals surface area contributed by atoms with E-state index in [4.69, 9.17) is 21.9 Å². The van der Waals surface area contributed by atoms with Crippen LogP contribution < -0.4 is 5.73 Å². The average Bonchev–Trinajstić information content (AvgIpc) is 2.80. The molecule has 6 heteroatoms. The third-order valence-electron chi connectivity index (χ3n) is 2.99. The van der Waals surface area contributed by atoms with Gasteiger partial charge in [0.15, 0.2) is 11.6 Å². The third-order valence-corrected chi connectivity index (χ3v) is 3.66. The normalized spacial score (nSPS) is 10.8. The van der Waals surface area contributed by atoms with Gasteiger partial charge in [0, 0.05) is 20.6 Å². The number of halogens is 3. The Hall–Kier alpha value is -1.85. The van der Waals surface area contributed by atoms with Crippen molar-refractivity contribution < 1.29 is 8.91 Å². The molecule has 3 rings (SSSR count). The zero-order valence-electron chi connectivity index (χ0n) is 10.6. The minimum absolute atomic E-state index is 0.131. The van der Waals surface area contributed by atoms with Crippen LogP contribution in [0.25, 0.3) is 22.5 Å². The SMILES string of the molecule is Nc1noc(-c2cc(Cl)cc(Br)c2)c1-c1ccccc1F. The second-order valence-corrected chi connectivity index (χ2v) is 5.76. The molecule has 3 aromatic rings. The zero-order valence-corrected chi connectivity index (χ0v) is 13.0. The van der Waals surface area contributed by atoms with E-state index < -0.39 is 5.82 Å². The van der Waals surface area contributed by atoms with Crippen LogP contribution in [0, 0.1) is 5.82 Å². The Morgan fingerprint density at radius 3 is 2.67 bits per heavy atom. The summed E-state index contributed by atoms with van der Waals surface area (Å²) in [5, 5.41) is 4.27. The Kier molecular flexibility index (Phi) is 3.69. The first-order valence-electron chi connectivity index (χ1n) is 6.03. The third kappa shape index (κ3) is 2.66. The van der Waals surface area contributed by atoms with Crippen LogP contribution in [0.15, 0.2) is 51.5 Å². The summed E-state index contributed by atoms with van der Waals surface area (Å²) in [5.41, 5.74) is 7.26. The van der Waals surface area contributed by atoms with Crippen molar-refractivity contribution in [2.75, 3.05) is 5.73 Å². The maximum absolute atomic E-state index is 14.0. The molecular formula is C15H9BrClFN2O. The number of hydrogen-bond acceptors (Lipinski definition) is 3. The quantitative estimate of drug-likeness (QED) is 0.682. The van der Waals surface area contributed by atoms with Crippen LogP contribution in [0.4, 0.5) is 10.2 Å². The number of anilines is 1. The van der Waals surface area contributed by atoms with Crippen LogP contribution in [-0.4, -0.2) is 5.16 Å². The van der Waals surface area contributed by atoms with Crippen molar-refractivity contribution in [3.05, 3.63) is 57.8 Å². The Morgan fingerprint density at radius 2 is 1.95 bits per heavy atom. The highest BCUT2D eigenvalue weighted by atomic mass is 79.9. The van der Waals surface area contributed by atoms with Crippen molar-refractivity contribution in [2.45, 2.75) is 0 Å². The summed E-state index contributed by atoms with van der Waals surface area (Å²) < 4.78 is 20.1. The highest BCUT2D eigenvalue weighted by molar-refractivity contribution is 9.10. The molecule has 0 saturated carbocycles. The van der Waals surface area contributed by atoms with Crippen molar-refractivity contribution in [1.29, 1.82) is 0 Å². The van der Waals surface area contributed by atoms with E-state index in [9.17, 15) is 4.39 Å². The molecule has 106 valence electrons. The van der Waals surface area contributed by atoms with Crippen LogP contribution in [0.3, 0.4) is 0 Å².